The maximum absolute atomic E-state index is 11.5. The predicted octanol–water partition coefficient (Wildman–Crippen LogP) is 2.89. The van der Waals surface area contributed by atoms with Gasteiger partial charge in [-0.25, -0.2) is 0 Å². The van der Waals surface area contributed by atoms with Crippen LogP contribution in [0, 0.1) is 21.8 Å². The first-order valence-corrected chi connectivity index (χ1v) is 5.51. The number of nitriles is 1. The Kier molecular flexibility index (Phi) is 3.90. The molecule has 1 aromatic carbocycles. The van der Waals surface area contributed by atoms with E-state index in [9.17, 15) is 4.79 Å². The highest BCUT2D eigenvalue weighted by molar-refractivity contribution is 14.1. The quantitative estimate of drug-likeness (QED) is 0.478. The molecule has 0 saturated heterocycles. The number of hydrogen-bond donors (Lipinski definition) is 0. The third-order valence-electron chi connectivity index (χ3n) is 1.86. The minimum Gasteiger partial charge on any atom is -0.293 e. The van der Waals surface area contributed by atoms with Gasteiger partial charge in [0.15, 0.2) is 5.78 Å². The minimum atomic E-state index is -0.198. The molecule has 0 bridgehead atoms. The molecule has 0 N–H and O–H groups in total. The van der Waals surface area contributed by atoms with E-state index < -0.39 is 0 Å². The number of Topliss-reactive ketones (excluding diaryl/α,β-unsaturated/α-hetero) is 1. The molecule has 0 aliphatic rings. The van der Waals surface area contributed by atoms with Gasteiger partial charge in [-0.15, -0.1) is 11.6 Å². The first kappa shape index (κ1) is 11.5. The van der Waals surface area contributed by atoms with Crippen molar-refractivity contribution in [2.75, 3.05) is 5.88 Å². The molecular weight excluding hydrogens is 312 g/mol. The summed E-state index contributed by atoms with van der Waals surface area (Å²) in [6.07, 6.45) is 0. The molecule has 0 unspecified atom stereocenters. The van der Waals surface area contributed by atoms with Gasteiger partial charge in [0.25, 0.3) is 0 Å². The van der Waals surface area contributed by atoms with Crippen molar-refractivity contribution >= 4 is 40.0 Å². The SMILES string of the molecule is Cc1ccc(C#N)c(C(=O)CCl)c1I. The molecule has 0 amide bonds. The Morgan fingerprint density at radius 1 is 1.64 bits per heavy atom. The van der Waals surface area contributed by atoms with E-state index in [0.717, 1.165) is 9.13 Å². The molecule has 0 atom stereocenters. The molecule has 0 heterocycles. The second kappa shape index (κ2) is 4.76. The Balaban J connectivity index is 3.45. The number of halogens is 2. The van der Waals surface area contributed by atoms with Crippen LogP contribution in [0.3, 0.4) is 0 Å². The smallest absolute Gasteiger partial charge is 0.179 e. The van der Waals surface area contributed by atoms with Gasteiger partial charge >= 0.3 is 0 Å². The molecule has 1 rings (SSSR count). The lowest BCUT2D eigenvalue weighted by molar-refractivity contribution is 0.102. The van der Waals surface area contributed by atoms with Gasteiger partial charge < -0.3 is 0 Å². The summed E-state index contributed by atoms with van der Waals surface area (Å²) in [5, 5.41) is 8.83. The van der Waals surface area contributed by atoms with Gasteiger partial charge in [-0.05, 0) is 41.1 Å². The van der Waals surface area contributed by atoms with Crippen LogP contribution in [0.1, 0.15) is 21.5 Å². The molecule has 0 saturated carbocycles. The third-order valence-corrected chi connectivity index (χ3v) is 3.49. The number of nitrogens with zero attached hydrogens (tertiary/aromatic N) is 1. The van der Waals surface area contributed by atoms with Gasteiger partial charge in [0.05, 0.1) is 23.1 Å². The molecule has 0 aliphatic carbocycles. The Labute approximate surface area is 101 Å². The first-order valence-electron chi connectivity index (χ1n) is 3.90. The zero-order valence-corrected chi connectivity index (χ0v) is 10.4. The summed E-state index contributed by atoms with van der Waals surface area (Å²) in [5.41, 5.74) is 1.83. The molecule has 72 valence electrons. The van der Waals surface area contributed by atoms with E-state index in [1.165, 1.54) is 0 Å². The molecule has 0 spiro atoms. The lowest BCUT2D eigenvalue weighted by atomic mass is 10.0. The summed E-state index contributed by atoms with van der Waals surface area (Å²) in [7, 11) is 0. The number of ketones is 1. The average molecular weight is 320 g/mol. The number of rotatable bonds is 2. The van der Waals surface area contributed by atoms with E-state index >= 15 is 0 Å². The largest absolute Gasteiger partial charge is 0.293 e. The number of carbonyl (C=O) groups is 1. The van der Waals surface area contributed by atoms with Crippen LogP contribution < -0.4 is 0 Å². The molecule has 1 aromatic rings. The third kappa shape index (κ3) is 2.07. The molecular formula is C10H7ClINO. The lowest BCUT2D eigenvalue weighted by Crippen LogP contribution is -2.07. The van der Waals surface area contributed by atoms with Crippen molar-refractivity contribution in [3.63, 3.8) is 0 Å². The summed E-state index contributed by atoms with van der Waals surface area (Å²) in [6, 6.07) is 5.47. The van der Waals surface area contributed by atoms with Gasteiger partial charge in [-0.1, -0.05) is 6.07 Å². The highest BCUT2D eigenvalue weighted by Gasteiger charge is 2.15. The minimum absolute atomic E-state index is 0.0892. The fraction of sp³-hybridized carbons (Fsp3) is 0.200. The Bertz CT molecular complexity index is 423. The normalized spacial score (nSPS) is 9.57. The van der Waals surface area contributed by atoms with E-state index in [2.05, 4.69) is 22.6 Å². The molecule has 14 heavy (non-hydrogen) atoms. The monoisotopic (exact) mass is 319 g/mol. The number of benzene rings is 1. The fourth-order valence-electron chi connectivity index (χ4n) is 1.11. The highest BCUT2D eigenvalue weighted by atomic mass is 127. The van der Waals surface area contributed by atoms with Gasteiger partial charge in [0.1, 0.15) is 0 Å². The second-order valence-corrected chi connectivity index (χ2v) is 4.13. The number of carbonyl (C=O) groups excluding carboxylic acids is 1. The van der Waals surface area contributed by atoms with E-state index in [-0.39, 0.29) is 11.7 Å². The number of hydrogen-bond acceptors (Lipinski definition) is 2. The van der Waals surface area contributed by atoms with Gasteiger partial charge in [0.2, 0.25) is 0 Å². The molecule has 0 aliphatic heterocycles. The Hall–Kier alpha value is -0.600. The molecule has 0 aromatic heterocycles. The molecule has 0 radical (unpaired) electrons. The topological polar surface area (TPSA) is 40.9 Å². The summed E-state index contributed by atoms with van der Waals surface area (Å²) < 4.78 is 0.812. The maximum atomic E-state index is 11.5. The van der Waals surface area contributed by atoms with Crippen molar-refractivity contribution in [1.29, 1.82) is 5.26 Å². The van der Waals surface area contributed by atoms with Crippen LogP contribution >= 0.6 is 34.2 Å². The van der Waals surface area contributed by atoms with E-state index in [1.807, 2.05) is 19.1 Å². The van der Waals surface area contributed by atoms with Crippen LogP contribution in [0.15, 0.2) is 12.1 Å². The van der Waals surface area contributed by atoms with Crippen molar-refractivity contribution in [3.05, 3.63) is 32.4 Å². The summed E-state index contributed by atoms with van der Waals surface area (Å²) in [5.74, 6) is -0.287. The van der Waals surface area contributed by atoms with Crippen LogP contribution in [-0.4, -0.2) is 11.7 Å². The van der Waals surface area contributed by atoms with Crippen molar-refractivity contribution in [2.24, 2.45) is 0 Å². The second-order valence-electron chi connectivity index (χ2n) is 2.79. The molecule has 0 fully saturated rings. The number of aryl methyl sites for hydroxylation is 1. The first-order chi connectivity index (χ1) is 6.61. The summed E-state index contributed by atoms with van der Waals surface area (Å²) in [4.78, 5) is 11.5. The van der Waals surface area contributed by atoms with Crippen molar-refractivity contribution in [3.8, 4) is 6.07 Å². The van der Waals surface area contributed by atoms with Gasteiger partial charge in [-0.3, -0.25) is 4.79 Å². The van der Waals surface area contributed by atoms with Crippen molar-refractivity contribution in [1.82, 2.24) is 0 Å². The average Bonchev–Trinajstić information content (AvgIpc) is 2.20. The van der Waals surface area contributed by atoms with Crippen LogP contribution in [0.25, 0.3) is 0 Å². The standard InChI is InChI=1S/C10H7ClINO/c1-6-2-3-7(5-13)9(10(6)12)8(14)4-11/h2-3H,4H2,1H3. The lowest BCUT2D eigenvalue weighted by Gasteiger charge is -2.06. The molecule has 4 heteroatoms. The molecule has 2 nitrogen and oxygen atoms in total. The van der Waals surface area contributed by atoms with Gasteiger partial charge in [-0.2, -0.15) is 5.26 Å². The maximum Gasteiger partial charge on any atom is 0.179 e. The fourth-order valence-corrected chi connectivity index (χ4v) is 2.02. The van der Waals surface area contributed by atoms with E-state index in [0.29, 0.717) is 11.1 Å². The van der Waals surface area contributed by atoms with Gasteiger partial charge in [0, 0.05) is 3.57 Å². The van der Waals surface area contributed by atoms with Crippen LogP contribution in [0.4, 0.5) is 0 Å². The van der Waals surface area contributed by atoms with Crippen molar-refractivity contribution in [2.45, 2.75) is 6.92 Å². The van der Waals surface area contributed by atoms with Crippen LogP contribution in [0.2, 0.25) is 0 Å². The zero-order valence-electron chi connectivity index (χ0n) is 7.47. The zero-order chi connectivity index (χ0) is 10.7. The van der Waals surface area contributed by atoms with E-state index in [4.69, 9.17) is 16.9 Å². The highest BCUT2D eigenvalue weighted by Crippen LogP contribution is 2.21. The van der Waals surface area contributed by atoms with Crippen molar-refractivity contribution < 1.29 is 4.79 Å². The predicted molar refractivity (Wildman–Crippen MR) is 63.7 cm³/mol. The summed E-state index contributed by atoms with van der Waals surface area (Å²) >= 11 is 7.54. The summed E-state index contributed by atoms with van der Waals surface area (Å²) in [6.45, 7) is 1.90. The van der Waals surface area contributed by atoms with Crippen LogP contribution in [-0.2, 0) is 0 Å². The van der Waals surface area contributed by atoms with Crippen LogP contribution in [0.5, 0.6) is 0 Å². The number of alkyl halides is 1. The Morgan fingerprint density at radius 2 is 2.29 bits per heavy atom. The Morgan fingerprint density at radius 3 is 2.79 bits per heavy atom. The van der Waals surface area contributed by atoms with E-state index in [1.54, 1.807) is 6.07 Å².